The van der Waals surface area contributed by atoms with Crippen LogP contribution >= 0.6 is 0 Å². The molecule has 0 aliphatic heterocycles. The van der Waals surface area contributed by atoms with Crippen molar-refractivity contribution in [2.75, 3.05) is 0 Å². The van der Waals surface area contributed by atoms with Crippen molar-refractivity contribution in [2.45, 2.75) is 13.3 Å². The van der Waals surface area contributed by atoms with Gasteiger partial charge in [0, 0.05) is 11.5 Å². The van der Waals surface area contributed by atoms with E-state index in [2.05, 4.69) is 18.2 Å². The van der Waals surface area contributed by atoms with E-state index >= 15 is 0 Å². The number of carbonyl (C=O) groups excluding carboxylic acids is 1. The van der Waals surface area contributed by atoms with E-state index < -0.39 is 0 Å². The molecule has 1 aliphatic carbocycles. The Labute approximate surface area is 88.7 Å². The van der Waals surface area contributed by atoms with Crippen LogP contribution in [0.1, 0.15) is 22.8 Å². The SMILES string of the molecule is CC1Cc2ccc3ccccc3c2C1=O. The average Bonchev–Trinajstić information content (AvgIpc) is 2.55. The van der Waals surface area contributed by atoms with E-state index in [4.69, 9.17) is 0 Å². The minimum atomic E-state index is 0.158. The Morgan fingerprint density at radius 1 is 1.13 bits per heavy atom. The zero-order chi connectivity index (χ0) is 10.4. The molecule has 1 unspecified atom stereocenters. The Bertz CT molecular complexity index is 554. The standard InChI is InChI=1S/C14H12O/c1-9-8-11-7-6-10-4-2-3-5-12(10)13(11)14(9)15/h2-7,9H,8H2,1H3. The summed E-state index contributed by atoms with van der Waals surface area (Å²) >= 11 is 0. The molecule has 0 fully saturated rings. The molecule has 0 saturated heterocycles. The fraction of sp³-hybridized carbons (Fsp3) is 0.214. The number of rotatable bonds is 0. The zero-order valence-corrected chi connectivity index (χ0v) is 8.66. The minimum Gasteiger partial charge on any atom is -0.294 e. The number of fused-ring (bicyclic) bond motifs is 3. The Morgan fingerprint density at radius 3 is 2.80 bits per heavy atom. The molecule has 0 radical (unpaired) electrons. The van der Waals surface area contributed by atoms with E-state index in [0.29, 0.717) is 5.78 Å². The number of benzene rings is 2. The lowest BCUT2D eigenvalue weighted by Gasteiger charge is -2.03. The molecule has 2 aromatic carbocycles. The Kier molecular flexibility index (Phi) is 1.69. The Hall–Kier alpha value is -1.63. The van der Waals surface area contributed by atoms with E-state index in [9.17, 15) is 4.79 Å². The van der Waals surface area contributed by atoms with Gasteiger partial charge in [-0.05, 0) is 22.8 Å². The normalized spacial score (nSPS) is 19.5. The highest BCUT2D eigenvalue weighted by molar-refractivity contribution is 6.12. The van der Waals surface area contributed by atoms with Gasteiger partial charge in [-0.15, -0.1) is 0 Å². The van der Waals surface area contributed by atoms with Gasteiger partial charge in [0.15, 0.2) is 5.78 Å². The van der Waals surface area contributed by atoms with Crippen LogP contribution in [-0.4, -0.2) is 5.78 Å². The monoisotopic (exact) mass is 196 g/mol. The van der Waals surface area contributed by atoms with Crippen LogP contribution in [0.2, 0.25) is 0 Å². The number of ketones is 1. The third-order valence-electron chi connectivity index (χ3n) is 3.24. The second-order valence-electron chi connectivity index (χ2n) is 4.29. The molecule has 0 aromatic heterocycles. The predicted molar refractivity (Wildman–Crippen MR) is 61.1 cm³/mol. The van der Waals surface area contributed by atoms with Gasteiger partial charge in [-0.1, -0.05) is 43.3 Å². The van der Waals surface area contributed by atoms with Gasteiger partial charge >= 0.3 is 0 Å². The topological polar surface area (TPSA) is 17.1 Å². The summed E-state index contributed by atoms with van der Waals surface area (Å²) in [6, 6.07) is 12.3. The van der Waals surface area contributed by atoms with Gasteiger partial charge in [0.2, 0.25) is 0 Å². The van der Waals surface area contributed by atoms with Crippen LogP contribution in [0, 0.1) is 5.92 Å². The smallest absolute Gasteiger partial charge is 0.166 e. The Balaban J connectivity index is 2.41. The van der Waals surface area contributed by atoms with Crippen molar-refractivity contribution < 1.29 is 4.79 Å². The fourth-order valence-corrected chi connectivity index (χ4v) is 2.45. The number of hydrogen-bond acceptors (Lipinski definition) is 1. The van der Waals surface area contributed by atoms with Crippen molar-refractivity contribution in [3.63, 3.8) is 0 Å². The molecule has 0 amide bonds. The molecule has 1 heteroatoms. The third kappa shape index (κ3) is 1.13. The van der Waals surface area contributed by atoms with E-state index in [1.807, 2.05) is 25.1 Å². The molecule has 1 aliphatic rings. The molecular formula is C14H12O. The summed E-state index contributed by atoms with van der Waals surface area (Å²) in [5.41, 5.74) is 2.17. The molecule has 0 heterocycles. The highest BCUT2D eigenvalue weighted by atomic mass is 16.1. The van der Waals surface area contributed by atoms with Gasteiger partial charge in [-0.3, -0.25) is 4.79 Å². The van der Waals surface area contributed by atoms with Gasteiger partial charge in [-0.25, -0.2) is 0 Å². The van der Waals surface area contributed by atoms with E-state index in [-0.39, 0.29) is 5.92 Å². The van der Waals surface area contributed by atoms with Crippen molar-refractivity contribution in [1.82, 2.24) is 0 Å². The maximum atomic E-state index is 12.0. The maximum absolute atomic E-state index is 12.0. The van der Waals surface area contributed by atoms with E-state index in [1.54, 1.807) is 0 Å². The van der Waals surface area contributed by atoms with Crippen LogP contribution in [0.15, 0.2) is 36.4 Å². The summed E-state index contributed by atoms with van der Waals surface area (Å²) in [5.74, 6) is 0.465. The number of Topliss-reactive ketones (excluding diaryl/α,β-unsaturated/α-hetero) is 1. The molecule has 15 heavy (non-hydrogen) atoms. The summed E-state index contributed by atoms with van der Waals surface area (Å²) in [7, 11) is 0. The molecule has 0 N–H and O–H groups in total. The summed E-state index contributed by atoms with van der Waals surface area (Å²) < 4.78 is 0. The van der Waals surface area contributed by atoms with Crippen LogP contribution in [0.3, 0.4) is 0 Å². The highest BCUT2D eigenvalue weighted by Gasteiger charge is 2.28. The van der Waals surface area contributed by atoms with E-state index in [1.165, 1.54) is 10.9 Å². The summed E-state index contributed by atoms with van der Waals surface area (Å²) in [5, 5.41) is 2.28. The number of hydrogen-bond donors (Lipinski definition) is 0. The van der Waals surface area contributed by atoms with Crippen LogP contribution in [0.25, 0.3) is 10.8 Å². The molecule has 3 rings (SSSR count). The molecule has 1 nitrogen and oxygen atoms in total. The zero-order valence-electron chi connectivity index (χ0n) is 8.66. The minimum absolute atomic E-state index is 0.158. The average molecular weight is 196 g/mol. The van der Waals surface area contributed by atoms with Crippen molar-refractivity contribution in [2.24, 2.45) is 5.92 Å². The second-order valence-corrected chi connectivity index (χ2v) is 4.29. The quantitative estimate of drug-likeness (QED) is 0.632. The van der Waals surface area contributed by atoms with Crippen molar-refractivity contribution >= 4 is 16.6 Å². The first-order chi connectivity index (χ1) is 7.27. The molecule has 0 bridgehead atoms. The molecule has 0 saturated carbocycles. The number of carbonyl (C=O) groups is 1. The van der Waals surface area contributed by atoms with Crippen LogP contribution in [-0.2, 0) is 6.42 Å². The fourth-order valence-electron chi connectivity index (χ4n) is 2.45. The van der Waals surface area contributed by atoms with E-state index in [0.717, 1.165) is 17.4 Å². The van der Waals surface area contributed by atoms with Crippen molar-refractivity contribution in [3.8, 4) is 0 Å². The molecule has 74 valence electrons. The Morgan fingerprint density at radius 2 is 1.93 bits per heavy atom. The van der Waals surface area contributed by atoms with Crippen molar-refractivity contribution in [3.05, 3.63) is 47.5 Å². The summed E-state index contributed by atoms with van der Waals surface area (Å²) in [6.07, 6.45) is 0.902. The van der Waals surface area contributed by atoms with Crippen molar-refractivity contribution in [1.29, 1.82) is 0 Å². The van der Waals surface area contributed by atoms with Gasteiger partial charge in [0.25, 0.3) is 0 Å². The lowest BCUT2D eigenvalue weighted by atomic mass is 10.0. The third-order valence-corrected chi connectivity index (χ3v) is 3.24. The van der Waals surface area contributed by atoms with Gasteiger partial charge in [0.05, 0.1) is 0 Å². The summed E-state index contributed by atoms with van der Waals surface area (Å²) in [6.45, 7) is 2.01. The lowest BCUT2D eigenvalue weighted by Crippen LogP contribution is -2.03. The maximum Gasteiger partial charge on any atom is 0.166 e. The van der Waals surface area contributed by atoms with Crippen LogP contribution in [0.5, 0.6) is 0 Å². The first-order valence-electron chi connectivity index (χ1n) is 5.32. The molecule has 2 aromatic rings. The van der Waals surface area contributed by atoms with Gasteiger partial charge < -0.3 is 0 Å². The molecule has 0 spiro atoms. The molecule has 1 atom stereocenters. The van der Waals surface area contributed by atoms with Gasteiger partial charge in [0.1, 0.15) is 0 Å². The van der Waals surface area contributed by atoms with Crippen LogP contribution in [0.4, 0.5) is 0 Å². The summed E-state index contributed by atoms with van der Waals surface area (Å²) in [4.78, 5) is 12.0. The highest BCUT2D eigenvalue weighted by Crippen LogP contribution is 2.32. The largest absolute Gasteiger partial charge is 0.294 e. The first-order valence-corrected chi connectivity index (χ1v) is 5.32. The van der Waals surface area contributed by atoms with Gasteiger partial charge in [-0.2, -0.15) is 0 Å². The first kappa shape index (κ1) is 8.66. The second kappa shape index (κ2) is 2.93. The lowest BCUT2D eigenvalue weighted by molar-refractivity contribution is 0.0947. The van der Waals surface area contributed by atoms with Crippen LogP contribution < -0.4 is 0 Å². The predicted octanol–water partition coefficient (Wildman–Crippen LogP) is 3.21. The molecular weight excluding hydrogens is 184 g/mol.